The van der Waals surface area contributed by atoms with Gasteiger partial charge in [-0.25, -0.2) is 4.98 Å². The molecular formula is C12H17NS. The van der Waals surface area contributed by atoms with E-state index in [4.69, 9.17) is 0 Å². The van der Waals surface area contributed by atoms with Gasteiger partial charge < -0.3 is 0 Å². The third-order valence-corrected chi connectivity index (χ3v) is 3.05. The van der Waals surface area contributed by atoms with Gasteiger partial charge in [-0.1, -0.05) is 26.8 Å². The van der Waals surface area contributed by atoms with Gasteiger partial charge in [-0.15, -0.1) is 11.3 Å². The van der Waals surface area contributed by atoms with Crippen molar-refractivity contribution in [1.82, 2.24) is 4.98 Å². The van der Waals surface area contributed by atoms with Gasteiger partial charge in [-0.3, -0.25) is 0 Å². The molecule has 0 atom stereocenters. The van der Waals surface area contributed by atoms with Gasteiger partial charge in [-0.05, 0) is 31.0 Å². The maximum absolute atomic E-state index is 4.49. The zero-order valence-corrected chi connectivity index (χ0v) is 10.1. The highest BCUT2D eigenvalue weighted by Gasteiger charge is 2.00. The van der Waals surface area contributed by atoms with Crippen molar-refractivity contribution in [2.75, 3.05) is 0 Å². The number of aryl methyl sites for hydroxylation is 2. The number of benzene rings is 1. The molecule has 1 heterocycles. The van der Waals surface area contributed by atoms with E-state index in [-0.39, 0.29) is 0 Å². The number of thiazole rings is 1. The average Bonchev–Trinajstić information content (AvgIpc) is 2.62. The Morgan fingerprint density at radius 2 is 2.00 bits per heavy atom. The summed E-state index contributed by atoms with van der Waals surface area (Å²) in [5, 5.41) is 1.23. The summed E-state index contributed by atoms with van der Waals surface area (Å²) in [6.07, 6.45) is 1.04. The number of fused-ring (bicyclic) bond motifs is 1. The fourth-order valence-electron chi connectivity index (χ4n) is 1.23. The molecule has 2 rings (SSSR count). The lowest BCUT2D eigenvalue weighted by Crippen LogP contribution is -1.74. The van der Waals surface area contributed by atoms with Crippen molar-refractivity contribution in [3.8, 4) is 0 Å². The zero-order valence-electron chi connectivity index (χ0n) is 9.29. The van der Waals surface area contributed by atoms with Gasteiger partial charge >= 0.3 is 0 Å². The Bertz CT molecular complexity index is 404. The van der Waals surface area contributed by atoms with E-state index in [9.17, 15) is 0 Å². The van der Waals surface area contributed by atoms with E-state index in [1.165, 1.54) is 15.3 Å². The lowest BCUT2D eigenvalue weighted by Gasteiger charge is -1.88. The van der Waals surface area contributed by atoms with Crippen LogP contribution in [0, 0.1) is 6.92 Å². The van der Waals surface area contributed by atoms with Gasteiger partial charge in [0, 0.05) is 0 Å². The van der Waals surface area contributed by atoms with Crippen LogP contribution in [0.1, 0.15) is 31.3 Å². The van der Waals surface area contributed by atoms with Gasteiger partial charge in [0.1, 0.15) is 0 Å². The van der Waals surface area contributed by atoms with Crippen molar-refractivity contribution in [2.24, 2.45) is 0 Å². The molecular weight excluding hydrogens is 190 g/mol. The summed E-state index contributed by atoms with van der Waals surface area (Å²) >= 11 is 1.80. The van der Waals surface area contributed by atoms with E-state index >= 15 is 0 Å². The molecule has 0 aliphatic heterocycles. The van der Waals surface area contributed by atoms with Crippen LogP contribution in [0.4, 0.5) is 0 Å². The lowest BCUT2D eigenvalue weighted by atomic mass is 10.2. The summed E-state index contributed by atoms with van der Waals surface area (Å²) in [6.45, 7) is 8.26. The predicted molar refractivity (Wildman–Crippen MR) is 65.1 cm³/mol. The molecule has 0 N–H and O–H groups in total. The Kier molecular flexibility index (Phi) is 4.08. The molecule has 0 saturated heterocycles. The number of nitrogens with zero attached hydrogens (tertiary/aromatic N) is 1. The number of aromatic nitrogens is 1. The first-order valence-electron chi connectivity index (χ1n) is 5.15. The van der Waals surface area contributed by atoms with Crippen molar-refractivity contribution < 1.29 is 0 Å². The highest BCUT2D eigenvalue weighted by atomic mass is 32.1. The highest BCUT2D eigenvalue weighted by Crippen LogP contribution is 2.22. The van der Waals surface area contributed by atoms with Gasteiger partial charge in [0.25, 0.3) is 0 Å². The first-order chi connectivity index (χ1) is 6.79. The molecule has 1 nitrogen and oxygen atoms in total. The van der Waals surface area contributed by atoms with Gasteiger partial charge in [0.15, 0.2) is 0 Å². The van der Waals surface area contributed by atoms with Crippen molar-refractivity contribution in [1.29, 1.82) is 0 Å². The molecule has 1 aromatic carbocycles. The molecule has 0 fully saturated rings. The minimum atomic E-state index is 1.04. The first-order valence-corrected chi connectivity index (χ1v) is 5.97. The summed E-state index contributed by atoms with van der Waals surface area (Å²) in [4.78, 5) is 4.49. The van der Waals surface area contributed by atoms with Crippen LogP contribution in [0.3, 0.4) is 0 Å². The summed E-state index contributed by atoms with van der Waals surface area (Å²) in [5.74, 6) is 0. The van der Waals surface area contributed by atoms with E-state index in [2.05, 4.69) is 37.0 Å². The van der Waals surface area contributed by atoms with E-state index < -0.39 is 0 Å². The summed E-state index contributed by atoms with van der Waals surface area (Å²) in [5.41, 5.74) is 2.45. The molecule has 1 aromatic heterocycles. The van der Waals surface area contributed by atoms with Crippen LogP contribution in [0.2, 0.25) is 0 Å². The van der Waals surface area contributed by atoms with Crippen LogP contribution in [0.15, 0.2) is 18.2 Å². The van der Waals surface area contributed by atoms with Crippen LogP contribution in [-0.2, 0) is 6.42 Å². The van der Waals surface area contributed by atoms with Crippen LogP contribution >= 0.6 is 11.3 Å². The normalized spacial score (nSPS) is 9.71. The molecule has 0 radical (unpaired) electrons. The Morgan fingerprint density at radius 3 is 2.64 bits per heavy atom. The quantitative estimate of drug-likeness (QED) is 0.683. The maximum atomic E-state index is 4.49. The van der Waals surface area contributed by atoms with Crippen molar-refractivity contribution >= 4 is 21.6 Å². The van der Waals surface area contributed by atoms with Gasteiger partial charge in [0.2, 0.25) is 0 Å². The Labute approximate surface area is 89.8 Å². The Hall–Kier alpha value is -0.890. The molecule has 0 unspecified atom stereocenters. The average molecular weight is 207 g/mol. The highest BCUT2D eigenvalue weighted by molar-refractivity contribution is 7.18. The molecule has 0 aliphatic rings. The Balaban J connectivity index is 0.000000461. The zero-order chi connectivity index (χ0) is 10.6. The second-order valence-corrected chi connectivity index (χ2v) is 4.05. The molecule has 2 aromatic rings. The van der Waals surface area contributed by atoms with E-state index in [0.29, 0.717) is 0 Å². The second-order valence-electron chi connectivity index (χ2n) is 2.93. The molecule has 14 heavy (non-hydrogen) atoms. The largest absolute Gasteiger partial charge is 0.241 e. The summed E-state index contributed by atoms with van der Waals surface area (Å²) < 4.78 is 1.31. The fourth-order valence-corrected chi connectivity index (χ4v) is 2.24. The second kappa shape index (κ2) is 5.11. The standard InChI is InChI=1S/C10H11NS.C2H6/c1-3-10-11-8-5-4-7(2)6-9(8)12-10;1-2/h4-6H,3H2,1-2H3;1-2H3. The molecule has 0 bridgehead atoms. The third kappa shape index (κ3) is 2.32. The summed E-state index contributed by atoms with van der Waals surface area (Å²) in [7, 11) is 0. The number of hydrogen-bond donors (Lipinski definition) is 0. The van der Waals surface area contributed by atoms with Crippen molar-refractivity contribution in [2.45, 2.75) is 34.1 Å². The smallest absolute Gasteiger partial charge is 0.0935 e. The van der Waals surface area contributed by atoms with E-state index in [1.54, 1.807) is 11.3 Å². The molecule has 0 amide bonds. The Morgan fingerprint density at radius 1 is 1.29 bits per heavy atom. The molecule has 0 saturated carbocycles. The number of rotatable bonds is 1. The number of hydrogen-bond acceptors (Lipinski definition) is 2. The first kappa shape index (κ1) is 11.2. The lowest BCUT2D eigenvalue weighted by molar-refractivity contribution is 1.11. The van der Waals surface area contributed by atoms with E-state index in [1.807, 2.05) is 13.8 Å². The van der Waals surface area contributed by atoms with Gasteiger partial charge in [-0.2, -0.15) is 0 Å². The van der Waals surface area contributed by atoms with Crippen LogP contribution < -0.4 is 0 Å². The molecule has 76 valence electrons. The molecule has 0 spiro atoms. The molecule has 0 aliphatic carbocycles. The van der Waals surface area contributed by atoms with Crippen molar-refractivity contribution in [3.63, 3.8) is 0 Å². The monoisotopic (exact) mass is 207 g/mol. The van der Waals surface area contributed by atoms with E-state index in [0.717, 1.165) is 11.9 Å². The van der Waals surface area contributed by atoms with Crippen molar-refractivity contribution in [3.05, 3.63) is 28.8 Å². The molecule has 2 heteroatoms. The van der Waals surface area contributed by atoms with Crippen LogP contribution in [-0.4, -0.2) is 4.98 Å². The predicted octanol–water partition coefficient (Wildman–Crippen LogP) is 4.19. The summed E-state index contributed by atoms with van der Waals surface area (Å²) in [6, 6.07) is 6.41. The van der Waals surface area contributed by atoms with Gasteiger partial charge in [0.05, 0.1) is 15.2 Å². The minimum absolute atomic E-state index is 1.04. The SMILES string of the molecule is CC.CCc1nc2ccc(C)cc2s1. The fraction of sp³-hybridized carbons (Fsp3) is 0.417. The van der Waals surface area contributed by atoms with Crippen LogP contribution in [0.5, 0.6) is 0 Å². The van der Waals surface area contributed by atoms with Crippen LogP contribution in [0.25, 0.3) is 10.2 Å². The minimum Gasteiger partial charge on any atom is -0.241 e. The topological polar surface area (TPSA) is 12.9 Å². The third-order valence-electron chi connectivity index (χ3n) is 1.89. The maximum Gasteiger partial charge on any atom is 0.0935 e.